The fourth-order valence-electron chi connectivity index (χ4n) is 1.91. The first-order chi connectivity index (χ1) is 9.90. The molecule has 1 heterocycles. The van der Waals surface area contributed by atoms with Gasteiger partial charge in [-0.25, -0.2) is 13.1 Å². The van der Waals surface area contributed by atoms with Gasteiger partial charge >= 0.3 is 0 Å². The summed E-state index contributed by atoms with van der Waals surface area (Å²) in [5.74, 6) is 0. The Kier molecular flexibility index (Phi) is 7.37. The number of hydrogen-bond donors (Lipinski definition) is 2. The molecule has 1 aromatic rings. The van der Waals surface area contributed by atoms with E-state index in [4.69, 9.17) is 0 Å². The Morgan fingerprint density at radius 3 is 2.62 bits per heavy atom. The molecule has 0 saturated carbocycles. The van der Waals surface area contributed by atoms with Crippen LogP contribution in [-0.2, 0) is 23.6 Å². The molecule has 0 bridgehead atoms. The molecular weight excluding hydrogens is 288 g/mol. The van der Waals surface area contributed by atoms with Crippen LogP contribution in [0.5, 0.6) is 0 Å². The fourth-order valence-corrected chi connectivity index (χ4v) is 3.02. The molecule has 0 aromatic carbocycles. The molecule has 0 saturated heterocycles. The molecular formula is C14H28N4O2S. The molecule has 0 spiro atoms. The Morgan fingerprint density at radius 1 is 1.29 bits per heavy atom. The predicted octanol–water partition coefficient (Wildman–Crippen LogP) is 0.755. The molecule has 0 amide bonds. The minimum absolute atomic E-state index is 0.331. The third-order valence-corrected chi connectivity index (χ3v) is 4.88. The van der Waals surface area contributed by atoms with Crippen LogP contribution in [0.3, 0.4) is 0 Å². The Labute approximate surface area is 128 Å². The number of aryl methyl sites for hydroxylation is 1. The fraction of sp³-hybridized carbons (Fsp3) is 0.714. The van der Waals surface area contributed by atoms with Gasteiger partial charge in [-0.05, 0) is 32.6 Å². The Hall–Kier alpha value is -0.890. The highest BCUT2D eigenvalue weighted by molar-refractivity contribution is 7.89. The van der Waals surface area contributed by atoms with Gasteiger partial charge in [-0.2, -0.15) is 0 Å². The summed E-state index contributed by atoms with van der Waals surface area (Å²) in [5, 5.41) is 3.28. The Balaban J connectivity index is 2.64. The SMILES string of the molecule is CCCNCc1cc(S(=O)(=O)NCCN(C)CC)cn1C. The van der Waals surface area contributed by atoms with Crippen molar-refractivity contribution in [1.29, 1.82) is 0 Å². The van der Waals surface area contributed by atoms with E-state index in [9.17, 15) is 8.42 Å². The first-order valence-corrected chi connectivity index (χ1v) is 8.93. The van der Waals surface area contributed by atoms with Crippen LogP contribution in [0.25, 0.3) is 0 Å². The number of rotatable bonds is 10. The molecule has 0 atom stereocenters. The smallest absolute Gasteiger partial charge is 0.242 e. The van der Waals surface area contributed by atoms with Crippen molar-refractivity contribution in [3.05, 3.63) is 18.0 Å². The number of likely N-dealkylation sites (N-methyl/N-ethyl adjacent to an activating group) is 1. The molecule has 0 aliphatic carbocycles. The third-order valence-electron chi connectivity index (χ3n) is 3.45. The van der Waals surface area contributed by atoms with Crippen LogP contribution in [0.15, 0.2) is 17.2 Å². The van der Waals surface area contributed by atoms with Gasteiger partial charge in [0.05, 0.1) is 4.90 Å². The van der Waals surface area contributed by atoms with Gasteiger partial charge in [0.15, 0.2) is 0 Å². The lowest BCUT2D eigenvalue weighted by Gasteiger charge is -2.13. The minimum atomic E-state index is -3.42. The van der Waals surface area contributed by atoms with Crippen LogP contribution in [0, 0.1) is 0 Å². The second-order valence-corrected chi connectivity index (χ2v) is 7.02. The zero-order chi connectivity index (χ0) is 15.9. The van der Waals surface area contributed by atoms with E-state index in [0.29, 0.717) is 24.5 Å². The number of nitrogens with zero attached hydrogens (tertiary/aromatic N) is 2. The second kappa shape index (κ2) is 8.53. The van der Waals surface area contributed by atoms with Gasteiger partial charge < -0.3 is 14.8 Å². The minimum Gasteiger partial charge on any atom is -0.352 e. The number of sulfonamides is 1. The van der Waals surface area contributed by atoms with E-state index in [1.165, 1.54) is 0 Å². The molecule has 21 heavy (non-hydrogen) atoms. The topological polar surface area (TPSA) is 66.4 Å². The van der Waals surface area contributed by atoms with Crippen molar-refractivity contribution in [2.45, 2.75) is 31.7 Å². The maximum atomic E-state index is 12.2. The van der Waals surface area contributed by atoms with E-state index < -0.39 is 10.0 Å². The molecule has 6 nitrogen and oxygen atoms in total. The maximum Gasteiger partial charge on any atom is 0.242 e. The largest absolute Gasteiger partial charge is 0.352 e. The molecule has 7 heteroatoms. The average Bonchev–Trinajstić information content (AvgIpc) is 2.81. The summed E-state index contributed by atoms with van der Waals surface area (Å²) >= 11 is 0. The lowest BCUT2D eigenvalue weighted by atomic mass is 10.4. The Morgan fingerprint density at radius 2 is 2.00 bits per heavy atom. The molecule has 1 aromatic heterocycles. The summed E-state index contributed by atoms with van der Waals surface area (Å²) < 4.78 is 29.0. The summed E-state index contributed by atoms with van der Waals surface area (Å²) in [4.78, 5) is 2.39. The van der Waals surface area contributed by atoms with E-state index in [1.54, 1.807) is 12.3 Å². The van der Waals surface area contributed by atoms with Crippen molar-refractivity contribution >= 4 is 10.0 Å². The van der Waals surface area contributed by atoms with Crippen molar-refractivity contribution < 1.29 is 8.42 Å². The lowest BCUT2D eigenvalue weighted by Crippen LogP contribution is -2.32. The molecule has 2 N–H and O–H groups in total. The van der Waals surface area contributed by atoms with E-state index in [0.717, 1.165) is 25.2 Å². The molecule has 0 radical (unpaired) electrons. The van der Waals surface area contributed by atoms with Crippen LogP contribution in [-0.4, -0.2) is 51.1 Å². The van der Waals surface area contributed by atoms with E-state index in [-0.39, 0.29) is 0 Å². The van der Waals surface area contributed by atoms with E-state index in [1.807, 2.05) is 25.6 Å². The predicted molar refractivity (Wildman–Crippen MR) is 85.8 cm³/mol. The van der Waals surface area contributed by atoms with Gasteiger partial charge in [-0.1, -0.05) is 13.8 Å². The van der Waals surface area contributed by atoms with Crippen LogP contribution in [0.4, 0.5) is 0 Å². The van der Waals surface area contributed by atoms with E-state index in [2.05, 4.69) is 21.9 Å². The van der Waals surface area contributed by atoms with Gasteiger partial charge in [0.25, 0.3) is 0 Å². The quantitative estimate of drug-likeness (QED) is 0.625. The van der Waals surface area contributed by atoms with Crippen LogP contribution >= 0.6 is 0 Å². The van der Waals surface area contributed by atoms with Gasteiger partial charge in [0, 0.05) is 38.6 Å². The van der Waals surface area contributed by atoms with Gasteiger partial charge in [-0.3, -0.25) is 0 Å². The summed E-state index contributed by atoms with van der Waals surface area (Å²) in [7, 11) is 0.413. The van der Waals surface area contributed by atoms with Crippen molar-refractivity contribution in [3.8, 4) is 0 Å². The summed E-state index contributed by atoms with van der Waals surface area (Å²) in [6.45, 7) is 7.78. The van der Waals surface area contributed by atoms with Crippen molar-refractivity contribution in [2.24, 2.45) is 7.05 Å². The molecule has 1 rings (SSSR count). The van der Waals surface area contributed by atoms with Crippen LogP contribution in [0.1, 0.15) is 26.0 Å². The first-order valence-electron chi connectivity index (χ1n) is 7.44. The zero-order valence-electron chi connectivity index (χ0n) is 13.5. The van der Waals surface area contributed by atoms with Crippen molar-refractivity contribution in [1.82, 2.24) is 19.5 Å². The summed E-state index contributed by atoms with van der Waals surface area (Å²) in [6, 6.07) is 1.73. The summed E-state index contributed by atoms with van der Waals surface area (Å²) in [5.41, 5.74) is 0.967. The number of nitrogens with one attached hydrogen (secondary N) is 2. The van der Waals surface area contributed by atoms with Gasteiger partial charge in [0.1, 0.15) is 0 Å². The lowest BCUT2D eigenvalue weighted by molar-refractivity contribution is 0.358. The maximum absolute atomic E-state index is 12.2. The normalized spacial score (nSPS) is 12.2. The average molecular weight is 316 g/mol. The molecule has 0 unspecified atom stereocenters. The number of aromatic nitrogens is 1. The van der Waals surface area contributed by atoms with Crippen molar-refractivity contribution in [3.63, 3.8) is 0 Å². The number of hydrogen-bond acceptors (Lipinski definition) is 4. The highest BCUT2D eigenvalue weighted by atomic mass is 32.2. The van der Waals surface area contributed by atoms with E-state index >= 15 is 0 Å². The highest BCUT2D eigenvalue weighted by Gasteiger charge is 2.17. The van der Waals surface area contributed by atoms with Gasteiger partial charge in [-0.15, -0.1) is 0 Å². The van der Waals surface area contributed by atoms with Crippen LogP contribution in [0.2, 0.25) is 0 Å². The highest BCUT2D eigenvalue weighted by Crippen LogP contribution is 2.13. The summed E-state index contributed by atoms with van der Waals surface area (Å²) in [6.07, 6.45) is 2.72. The van der Waals surface area contributed by atoms with Gasteiger partial charge in [0.2, 0.25) is 10.0 Å². The zero-order valence-corrected chi connectivity index (χ0v) is 14.3. The van der Waals surface area contributed by atoms with Crippen molar-refractivity contribution in [2.75, 3.05) is 33.2 Å². The standard InChI is InChI=1S/C14H28N4O2S/c1-5-7-15-11-13-10-14(12-18(13)4)21(19,20)16-8-9-17(3)6-2/h10,12,15-16H,5-9,11H2,1-4H3. The third kappa shape index (κ3) is 5.78. The Bertz CT molecular complexity index is 525. The molecule has 122 valence electrons. The first kappa shape index (κ1) is 18.2. The molecule has 0 fully saturated rings. The monoisotopic (exact) mass is 316 g/mol. The van der Waals surface area contributed by atoms with Crippen LogP contribution < -0.4 is 10.0 Å². The second-order valence-electron chi connectivity index (χ2n) is 5.25. The molecule has 0 aliphatic rings. The molecule has 0 aliphatic heterocycles.